The van der Waals surface area contributed by atoms with Gasteiger partial charge in [0.25, 0.3) is 11.1 Å². The van der Waals surface area contributed by atoms with Crippen molar-refractivity contribution in [3.05, 3.63) is 197 Å². The molecule has 6 heterocycles. The summed E-state index contributed by atoms with van der Waals surface area (Å²) < 4.78 is 48.9. The van der Waals surface area contributed by atoms with Crippen LogP contribution in [0.1, 0.15) is 151 Å². The molecule has 0 bridgehead atoms. The minimum atomic E-state index is -0.815. The molecule has 6 aromatic rings. The number of carbonyl (C=O) groups is 4. The van der Waals surface area contributed by atoms with Crippen LogP contribution < -0.4 is 22.5 Å². The molecule has 2 amide bonds. The number of benzene rings is 4. The predicted octanol–water partition coefficient (Wildman–Crippen LogP) is 10.7. The van der Waals surface area contributed by atoms with Crippen LogP contribution in [0, 0.1) is 13.8 Å². The van der Waals surface area contributed by atoms with Crippen LogP contribution in [0.3, 0.4) is 0 Å². The lowest BCUT2D eigenvalue weighted by Crippen LogP contribution is -2.51. The first kappa shape index (κ1) is 71.9. The molecule has 5 aliphatic rings. The highest BCUT2D eigenvalue weighted by Crippen LogP contribution is 2.45. The number of nitrogens with one attached hydrogen (secondary N) is 2. The maximum Gasteiger partial charge on any atom is 0.508 e. The van der Waals surface area contributed by atoms with E-state index in [1.807, 2.05) is 117 Å². The molecule has 526 valence electrons. The van der Waals surface area contributed by atoms with Crippen LogP contribution in [0.2, 0.25) is 0 Å². The second kappa shape index (κ2) is 33.6. The number of ether oxygens (including phenoxy) is 8. The Balaban J connectivity index is 0.000000217. The molecule has 0 spiro atoms. The van der Waals surface area contributed by atoms with E-state index in [1.54, 1.807) is 13.8 Å². The predicted molar refractivity (Wildman–Crippen MR) is 366 cm³/mol. The number of aryl methyl sites for hydroxylation is 2. The molecule has 2 N–H and O–H groups in total. The van der Waals surface area contributed by atoms with E-state index in [0.29, 0.717) is 76.3 Å². The van der Waals surface area contributed by atoms with Crippen molar-refractivity contribution in [2.45, 2.75) is 186 Å². The highest BCUT2D eigenvalue weighted by Gasteiger charge is 2.41. The molecule has 4 unspecified atom stereocenters. The van der Waals surface area contributed by atoms with Crippen LogP contribution in [0.15, 0.2) is 141 Å². The molecule has 0 radical (unpaired) electrons. The van der Waals surface area contributed by atoms with Gasteiger partial charge in [0.05, 0.1) is 12.2 Å². The van der Waals surface area contributed by atoms with Crippen molar-refractivity contribution >= 4 is 24.5 Å². The molecule has 2 aromatic heterocycles. The first-order chi connectivity index (χ1) is 47.2. The molecule has 0 saturated carbocycles. The Morgan fingerprint density at radius 3 is 1.40 bits per heavy atom. The number of aromatic nitrogens is 4. The average molecular weight is 1350 g/mol. The highest BCUT2D eigenvalue weighted by molar-refractivity contribution is 5.79. The van der Waals surface area contributed by atoms with Crippen molar-refractivity contribution in [1.82, 2.24) is 38.7 Å². The number of nitrogens with zero attached hydrogens (tertiary/aromatic N) is 6. The van der Waals surface area contributed by atoms with E-state index in [1.165, 1.54) is 43.8 Å². The summed E-state index contributed by atoms with van der Waals surface area (Å²) in [4.78, 5) is 114. The summed E-state index contributed by atoms with van der Waals surface area (Å²) in [6.45, 7) is 17.6. The number of H-pyrrole nitrogens is 2. The third-order valence-electron chi connectivity index (χ3n) is 18.7. The molecule has 11 rings (SSSR count). The lowest BCUT2D eigenvalue weighted by Gasteiger charge is -2.39. The van der Waals surface area contributed by atoms with Gasteiger partial charge < -0.3 is 47.7 Å². The summed E-state index contributed by atoms with van der Waals surface area (Å²) >= 11 is 0. The largest absolute Gasteiger partial charge is 0.508 e. The Hall–Kier alpha value is -8.84. The Kier molecular flexibility index (Phi) is 24.7. The molecule has 4 aliphatic heterocycles. The van der Waals surface area contributed by atoms with Gasteiger partial charge in [-0.25, -0.2) is 28.8 Å². The van der Waals surface area contributed by atoms with Gasteiger partial charge in [-0.1, -0.05) is 123 Å². The standard InChI is InChI=1S/C42H48N4O8.C32H46N4O8/c1-3-36-37(23-38(53-36)46-24-28(2)39(47)43-40(46)48)54-42(50)51-22-21-44(25-29-13-5-4-6-14-29)26-30-15-11-12-20-45(30)41(49)52-27-35-33-18-9-7-16-31(33)32-17-8-10-19-34(32)35;1-6-25-26(18-27(42-25)36-19-22(2)28(37)33-29(36)38)43-31(40)41-17-16-34(20-23-12-8-7-9-13-23)21-24-14-10-11-15-35(24)30(39)44-32(3,4)5/h4-10,13-14,16-19,24,30,35-38H,3,11-12,15,20-23,25-27H2,1-2H3,(H,43,47,48);7-9,12-13,19,24-27H,6,10-11,14-18,20-21H2,1-5H3,(H,33,37,38)/t30?,36-,37?,38-;24?,25-,26?,27-/m11/s1. The Morgan fingerprint density at radius 2 is 0.969 bits per heavy atom. The third kappa shape index (κ3) is 18.9. The molecule has 1 aliphatic carbocycles. The molecule has 4 saturated heterocycles. The van der Waals surface area contributed by atoms with Gasteiger partial charge in [0.15, 0.2) is 0 Å². The van der Waals surface area contributed by atoms with Crippen molar-refractivity contribution in [1.29, 1.82) is 0 Å². The molecule has 8 atom stereocenters. The highest BCUT2D eigenvalue weighted by atomic mass is 16.7. The molecular weight excluding hydrogens is 1260 g/mol. The third-order valence-corrected chi connectivity index (χ3v) is 18.7. The van der Waals surface area contributed by atoms with E-state index >= 15 is 0 Å². The fourth-order valence-electron chi connectivity index (χ4n) is 13.8. The molecule has 4 aromatic carbocycles. The Morgan fingerprint density at radius 1 is 0.551 bits per heavy atom. The lowest BCUT2D eigenvalue weighted by atomic mass is 9.98. The summed E-state index contributed by atoms with van der Waals surface area (Å²) in [6, 6.07) is 36.7. The fraction of sp³-hybridized carbons (Fsp3) is 0.514. The van der Waals surface area contributed by atoms with E-state index in [2.05, 4.69) is 56.2 Å². The molecule has 4 fully saturated rings. The van der Waals surface area contributed by atoms with Gasteiger partial charge in [0.1, 0.15) is 50.1 Å². The summed E-state index contributed by atoms with van der Waals surface area (Å²) in [6.07, 6.45) is 4.43. The zero-order chi connectivity index (χ0) is 69.5. The number of hydrogen-bond acceptors (Lipinski definition) is 18. The topological polar surface area (TPSA) is 265 Å². The Labute approximate surface area is 571 Å². The van der Waals surface area contributed by atoms with Gasteiger partial charge in [0.2, 0.25) is 0 Å². The summed E-state index contributed by atoms with van der Waals surface area (Å²) in [5.74, 6) is -0.0127. The summed E-state index contributed by atoms with van der Waals surface area (Å²) in [7, 11) is 0. The van der Waals surface area contributed by atoms with Crippen molar-refractivity contribution in [3.8, 4) is 11.1 Å². The van der Waals surface area contributed by atoms with Crippen LogP contribution in [-0.2, 0) is 51.0 Å². The Bertz CT molecular complexity index is 3860. The van der Waals surface area contributed by atoms with Crippen molar-refractivity contribution in [2.75, 3.05) is 59.1 Å². The number of carbonyl (C=O) groups excluding carboxylic acids is 4. The molecule has 98 heavy (non-hydrogen) atoms. The monoisotopic (exact) mass is 1350 g/mol. The van der Waals surface area contributed by atoms with Crippen molar-refractivity contribution in [3.63, 3.8) is 0 Å². The number of fused-ring (bicyclic) bond motifs is 3. The SMILES string of the molecule is CC[C@H]1O[C@@H](n2cc(C)c(=O)[nH]c2=O)CC1OC(=O)OCCN(Cc1ccccc1)CC1CCCCN1C(=O)OC(C)(C)C.CC[C@H]1O[C@@H](n2cc(C)c(=O)[nH]c2=O)CC1OC(=O)OCCN(Cc1ccccc1)CC1CCCCN1C(=O)OCC1c2ccccc2-c2ccccc21. The lowest BCUT2D eigenvalue weighted by molar-refractivity contribution is -0.0387. The van der Waals surface area contributed by atoms with Crippen molar-refractivity contribution in [2.24, 2.45) is 0 Å². The smallest absolute Gasteiger partial charge is 0.448 e. The van der Waals surface area contributed by atoms with E-state index in [-0.39, 0.29) is 62.9 Å². The van der Waals surface area contributed by atoms with E-state index in [4.69, 9.17) is 37.9 Å². The second-order valence-electron chi connectivity index (χ2n) is 26.9. The van der Waals surface area contributed by atoms with Gasteiger partial charge >= 0.3 is 35.9 Å². The van der Waals surface area contributed by atoms with E-state index in [0.717, 1.165) is 49.7 Å². The van der Waals surface area contributed by atoms with Crippen LogP contribution in [0.4, 0.5) is 19.2 Å². The van der Waals surface area contributed by atoms with Crippen molar-refractivity contribution < 1.29 is 57.1 Å². The minimum absolute atomic E-state index is 0.0127. The van der Waals surface area contributed by atoms with Gasteiger partial charge in [-0.3, -0.25) is 38.5 Å². The van der Waals surface area contributed by atoms with Gasteiger partial charge in [-0.2, -0.15) is 0 Å². The average Bonchev–Trinajstić information content (AvgIpc) is 1.62. The normalized spacial score (nSPS) is 21.4. The van der Waals surface area contributed by atoms with E-state index < -0.39 is 77.3 Å². The number of likely N-dealkylation sites (tertiary alicyclic amines) is 2. The first-order valence-electron chi connectivity index (χ1n) is 34.5. The number of amides is 2. The minimum Gasteiger partial charge on any atom is -0.448 e. The quantitative estimate of drug-likeness (QED) is 0.0472. The number of hydrogen-bond donors (Lipinski definition) is 2. The van der Waals surface area contributed by atoms with Crippen LogP contribution in [0.25, 0.3) is 11.1 Å². The van der Waals surface area contributed by atoms with Crippen LogP contribution >= 0.6 is 0 Å². The second-order valence-corrected chi connectivity index (χ2v) is 26.9. The molecular formula is C74H94N8O16. The molecule has 24 heteroatoms. The summed E-state index contributed by atoms with van der Waals surface area (Å²) in [5.41, 5.74) is 5.09. The maximum atomic E-state index is 13.8. The summed E-state index contributed by atoms with van der Waals surface area (Å²) in [5, 5.41) is 0. The number of rotatable bonds is 22. The van der Waals surface area contributed by atoms with Gasteiger partial charge in [0, 0.05) is 107 Å². The number of piperidine rings is 2. The fourth-order valence-corrected chi connectivity index (χ4v) is 13.8. The van der Waals surface area contributed by atoms with Gasteiger partial charge in [-0.15, -0.1) is 0 Å². The van der Waals surface area contributed by atoms with E-state index in [9.17, 15) is 38.4 Å². The maximum absolute atomic E-state index is 13.8. The van der Waals surface area contributed by atoms with Gasteiger partial charge in [-0.05, 0) is 119 Å². The first-order valence-corrected chi connectivity index (χ1v) is 34.5. The zero-order valence-corrected chi connectivity index (χ0v) is 57.3. The number of aromatic amines is 2. The van der Waals surface area contributed by atoms with Crippen LogP contribution in [-0.4, -0.2) is 164 Å². The zero-order valence-electron chi connectivity index (χ0n) is 57.3. The van der Waals surface area contributed by atoms with Crippen LogP contribution in [0.5, 0.6) is 0 Å². The molecule has 24 nitrogen and oxygen atoms in total.